The Hall–Kier alpha value is -2.83. The summed E-state index contributed by atoms with van der Waals surface area (Å²) in [5.74, 6) is 0.399. The zero-order valence-corrected chi connectivity index (χ0v) is 12.0. The molecule has 1 aromatic carbocycles. The monoisotopic (exact) mass is 288 g/mol. The van der Waals surface area contributed by atoms with Crippen LogP contribution in [-0.4, -0.2) is 37.1 Å². The van der Waals surface area contributed by atoms with Crippen LogP contribution in [0.3, 0.4) is 0 Å². The number of nitrogens with one attached hydrogen (secondary N) is 2. The molecule has 2 N–H and O–H groups in total. The van der Waals surface area contributed by atoms with Crippen molar-refractivity contribution >= 4 is 17.5 Å². The number of aromatic nitrogens is 2. The number of para-hydroxylation sites is 1. The molecule has 0 saturated heterocycles. The summed E-state index contributed by atoms with van der Waals surface area (Å²) in [5.41, 5.74) is 1.20. The molecule has 0 atom stereocenters. The fourth-order valence-corrected chi connectivity index (χ4v) is 1.74. The van der Waals surface area contributed by atoms with Crippen LogP contribution >= 0.6 is 0 Å². The Morgan fingerprint density at radius 3 is 2.29 bits per heavy atom. The van der Waals surface area contributed by atoms with E-state index in [1.807, 2.05) is 12.1 Å². The van der Waals surface area contributed by atoms with E-state index in [0.717, 1.165) is 0 Å². The highest BCUT2D eigenvalue weighted by Gasteiger charge is 2.13. The Bertz CT molecular complexity index is 624. The lowest BCUT2D eigenvalue weighted by atomic mass is 10.1. The Morgan fingerprint density at radius 2 is 1.71 bits per heavy atom. The van der Waals surface area contributed by atoms with Gasteiger partial charge in [-0.25, -0.2) is 0 Å². The molecule has 0 saturated carbocycles. The third-order valence-electron chi connectivity index (χ3n) is 2.76. The minimum absolute atomic E-state index is 0.113. The fraction of sp³-hybridized carbons (Fsp3) is 0.214. The smallest absolute Gasteiger partial charge is 0.260 e. The van der Waals surface area contributed by atoms with Crippen LogP contribution in [0.4, 0.5) is 11.6 Å². The van der Waals surface area contributed by atoms with Crippen LogP contribution < -0.4 is 20.1 Å². The highest BCUT2D eigenvalue weighted by molar-refractivity contribution is 6.07. The first-order chi connectivity index (χ1) is 10.2. The number of ether oxygens (including phenoxy) is 2. The van der Waals surface area contributed by atoms with Gasteiger partial charge >= 0.3 is 0 Å². The average molecular weight is 288 g/mol. The SMILES string of the molecule is CNc1ccccc1C(=O)Nc1nc(OC)cc(OC)n1. The van der Waals surface area contributed by atoms with Gasteiger partial charge in [-0.05, 0) is 12.1 Å². The van der Waals surface area contributed by atoms with Crippen LogP contribution in [0.1, 0.15) is 10.4 Å². The lowest BCUT2D eigenvalue weighted by Crippen LogP contribution is -2.16. The molecule has 0 aliphatic heterocycles. The molecule has 0 bridgehead atoms. The van der Waals surface area contributed by atoms with Crippen LogP contribution in [0, 0.1) is 0 Å². The van der Waals surface area contributed by atoms with Gasteiger partial charge in [0, 0.05) is 12.7 Å². The number of methoxy groups -OCH3 is 2. The van der Waals surface area contributed by atoms with Crippen molar-refractivity contribution in [1.82, 2.24) is 9.97 Å². The quantitative estimate of drug-likeness (QED) is 0.872. The molecule has 0 radical (unpaired) electrons. The van der Waals surface area contributed by atoms with E-state index in [4.69, 9.17) is 9.47 Å². The first kappa shape index (κ1) is 14.6. The molecule has 0 spiro atoms. The molecule has 0 fully saturated rings. The van der Waals surface area contributed by atoms with Gasteiger partial charge in [0.1, 0.15) is 0 Å². The number of carbonyl (C=O) groups is 1. The highest BCUT2D eigenvalue weighted by atomic mass is 16.5. The summed E-state index contributed by atoms with van der Waals surface area (Å²) >= 11 is 0. The maximum atomic E-state index is 12.3. The number of hydrogen-bond acceptors (Lipinski definition) is 6. The number of rotatable bonds is 5. The van der Waals surface area contributed by atoms with Crippen molar-refractivity contribution in [2.75, 3.05) is 31.9 Å². The lowest BCUT2D eigenvalue weighted by molar-refractivity contribution is 0.102. The molecule has 0 aliphatic carbocycles. The first-order valence-corrected chi connectivity index (χ1v) is 6.23. The Morgan fingerprint density at radius 1 is 1.10 bits per heavy atom. The van der Waals surface area contributed by atoms with Crippen molar-refractivity contribution in [1.29, 1.82) is 0 Å². The molecule has 1 heterocycles. The molecule has 21 heavy (non-hydrogen) atoms. The molecule has 7 heteroatoms. The number of carbonyl (C=O) groups excluding carboxylic acids is 1. The average Bonchev–Trinajstić information content (AvgIpc) is 2.54. The van der Waals surface area contributed by atoms with Crippen molar-refractivity contribution in [2.45, 2.75) is 0 Å². The summed E-state index contributed by atoms with van der Waals surface area (Å²) < 4.78 is 10.1. The lowest BCUT2D eigenvalue weighted by Gasteiger charge is -2.10. The van der Waals surface area contributed by atoms with Gasteiger partial charge in [-0.3, -0.25) is 10.1 Å². The van der Waals surface area contributed by atoms with Crippen molar-refractivity contribution in [3.63, 3.8) is 0 Å². The third kappa shape index (κ3) is 3.38. The molecule has 110 valence electrons. The Balaban J connectivity index is 2.27. The minimum Gasteiger partial charge on any atom is -0.481 e. The number of anilines is 2. The van der Waals surface area contributed by atoms with Gasteiger partial charge in [-0.15, -0.1) is 0 Å². The summed E-state index contributed by atoms with van der Waals surface area (Å²) in [5, 5.41) is 5.58. The van der Waals surface area contributed by atoms with E-state index in [9.17, 15) is 4.79 Å². The fourth-order valence-electron chi connectivity index (χ4n) is 1.74. The maximum absolute atomic E-state index is 12.3. The zero-order chi connectivity index (χ0) is 15.2. The Kier molecular flexibility index (Phi) is 4.55. The second kappa shape index (κ2) is 6.56. The molecule has 0 unspecified atom stereocenters. The molecule has 1 amide bonds. The van der Waals surface area contributed by atoms with Crippen molar-refractivity contribution in [3.05, 3.63) is 35.9 Å². The third-order valence-corrected chi connectivity index (χ3v) is 2.76. The molecule has 1 aromatic heterocycles. The second-order valence-electron chi connectivity index (χ2n) is 4.03. The van der Waals surface area contributed by atoms with Crippen LogP contribution in [0.25, 0.3) is 0 Å². The van der Waals surface area contributed by atoms with E-state index in [1.54, 1.807) is 19.2 Å². The maximum Gasteiger partial charge on any atom is 0.260 e. The standard InChI is InChI=1S/C14H16N4O3/c1-15-10-7-5-4-6-9(10)13(19)18-14-16-11(20-2)8-12(17-14)21-3/h4-8,15H,1-3H3,(H,16,17,18,19). The second-order valence-corrected chi connectivity index (χ2v) is 4.03. The van der Waals surface area contributed by atoms with E-state index >= 15 is 0 Å². The Labute approximate surface area is 122 Å². The van der Waals surface area contributed by atoms with E-state index in [0.29, 0.717) is 23.0 Å². The van der Waals surface area contributed by atoms with Gasteiger partial charge in [0.05, 0.1) is 25.8 Å². The molecule has 0 aliphatic rings. The van der Waals surface area contributed by atoms with Crippen molar-refractivity contribution in [3.8, 4) is 11.8 Å². The first-order valence-electron chi connectivity index (χ1n) is 6.23. The van der Waals surface area contributed by atoms with E-state index in [2.05, 4.69) is 20.6 Å². The predicted molar refractivity (Wildman–Crippen MR) is 79.1 cm³/mol. The van der Waals surface area contributed by atoms with Gasteiger partial charge in [-0.1, -0.05) is 12.1 Å². The van der Waals surface area contributed by atoms with Gasteiger partial charge in [0.15, 0.2) is 0 Å². The molecular formula is C14H16N4O3. The number of amides is 1. The summed E-state index contributed by atoms with van der Waals surface area (Å²) in [6.45, 7) is 0. The summed E-state index contributed by atoms with van der Waals surface area (Å²) in [6, 6.07) is 8.66. The number of hydrogen-bond donors (Lipinski definition) is 2. The molecule has 2 rings (SSSR count). The van der Waals surface area contributed by atoms with Gasteiger partial charge in [0.25, 0.3) is 5.91 Å². The van der Waals surface area contributed by atoms with Crippen LogP contribution in [0.5, 0.6) is 11.8 Å². The number of benzene rings is 1. The summed E-state index contributed by atoms with van der Waals surface area (Å²) in [6.07, 6.45) is 0. The normalized spacial score (nSPS) is 9.86. The van der Waals surface area contributed by atoms with Crippen LogP contribution in [0.15, 0.2) is 30.3 Å². The van der Waals surface area contributed by atoms with Gasteiger partial charge in [0.2, 0.25) is 17.7 Å². The van der Waals surface area contributed by atoms with E-state index in [-0.39, 0.29) is 11.9 Å². The molecular weight excluding hydrogens is 272 g/mol. The van der Waals surface area contributed by atoms with E-state index < -0.39 is 0 Å². The summed E-state index contributed by atoms with van der Waals surface area (Å²) in [4.78, 5) is 20.4. The largest absolute Gasteiger partial charge is 0.481 e. The minimum atomic E-state index is -0.324. The highest BCUT2D eigenvalue weighted by Crippen LogP contribution is 2.19. The van der Waals surface area contributed by atoms with Gasteiger partial charge < -0.3 is 14.8 Å². The van der Waals surface area contributed by atoms with Crippen molar-refractivity contribution in [2.24, 2.45) is 0 Å². The topological polar surface area (TPSA) is 85.4 Å². The predicted octanol–water partition coefficient (Wildman–Crippen LogP) is 1.79. The van der Waals surface area contributed by atoms with Crippen LogP contribution in [-0.2, 0) is 0 Å². The number of nitrogens with zero attached hydrogens (tertiary/aromatic N) is 2. The van der Waals surface area contributed by atoms with Crippen LogP contribution in [0.2, 0.25) is 0 Å². The molecule has 7 nitrogen and oxygen atoms in total. The summed E-state index contributed by atoms with van der Waals surface area (Å²) in [7, 11) is 4.70. The zero-order valence-electron chi connectivity index (χ0n) is 12.0. The van der Waals surface area contributed by atoms with Gasteiger partial charge in [-0.2, -0.15) is 9.97 Å². The van der Waals surface area contributed by atoms with E-state index in [1.165, 1.54) is 20.3 Å². The van der Waals surface area contributed by atoms with Crippen molar-refractivity contribution < 1.29 is 14.3 Å². The molecule has 2 aromatic rings.